The smallest absolute Gasteiger partial charge is 0.254 e. The molecule has 0 aliphatic carbocycles. The van der Waals surface area contributed by atoms with Gasteiger partial charge in [0.25, 0.3) is 5.91 Å². The summed E-state index contributed by atoms with van der Waals surface area (Å²) in [6, 6.07) is 16.0. The van der Waals surface area contributed by atoms with Gasteiger partial charge in [0.05, 0.1) is 23.9 Å². The number of anilines is 1. The maximum atomic E-state index is 12.2. The second-order valence-corrected chi connectivity index (χ2v) is 8.60. The molecule has 7 heteroatoms. The monoisotopic (exact) mass is 455 g/mol. The summed E-state index contributed by atoms with van der Waals surface area (Å²) in [7, 11) is 5.06. The van der Waals surface area contributed by atoms with E-state index in [0.29, 0.717) is 22.8 Å². The molecule has 2 aromatic heterocycles. The van der Waals surface area contributed by atoms with Crippen LogP contribution in [0.5, 0.6) is 5.75 Å². The van der Waals surface area contributed by atoms with Crippen molar-refractivity contribution in [1.82, 2.24) is 19.9 Å². The Balaban J connectivity index is 1.78. The molecule has 4 rings (SSSR count). The summed E-state index contributed by atoms with van der Waals surface area (Å²) in [5.74, 6) is 1.98. The molecule has 2 heterocycles. The van der Waals surface area contributed by atoms with E-state index < -0.39 is 0 Å². The first kappa shape index (κ1) is 23.2. The fraction of sp³-hybridized carbons (Fsp3) is 0.259. The Morgan fingerprint density at radius 1 is 1.06 bits per heavy atom. The summed E-state index contributed by atoms with van der Waals surface area (Å²) in [4.78, 5) is 27.6. The number of pyridine rings is 1. The van der Waals surface area contributed by atoms with E-state index in [1.807, 2.05) is 25.1 Å². The molecule has 2 aromatic carbocycles. The summed E-state index contributed by atoms with van der Waals surface area (Å²) in [5.41, 5.74) is 5.21. The number of carbonyl (C=O) groups excluding carboxylic acids is 1. The van der Waals surface area contributed by atoms with Gasteiger partial charge in [-0.2, -0.15) is 0 Å². The predicted molar refractivity (Wildman–Crippen MR) is 135 cm³/mol. The molecular formula is C27H29N5O2. The van der Waals surface area contributed by atoms with Crippen molar-refractivity contribution in [2.45, 2.75) is 26.8 Å². The zero-order valence-electron chi connectivity index (χ0n) is 20.4. The molecule has 0 aliphatic heterocycles. The van der Waals surface area contributed by atoms with Crippen LogP contribution in [0.4, 0.5) is 5.82 Å². The number of ether oxygens (including phenoxy) is 1. The summed E-state index contributed by atoms with van der Waals surface area (Å²) < 4.78 is 5.67. The van der Waals surface area contributed by atoms with Gasteiger partial charge < -0.3 is 15.0 Å². The molecule has 4 aromatic rings. The molecule has 0 saturated carbocycles. The highest BCUT2D eigenvalue weighted by Gasteiger charge is 2.17. The van der Waals surface area contributed by atoms with E-state index >= 15 is 0 Å². The van der Waals surface area contributed by atoms with Crippen molar-refractivity contribution in [3.05, 3.63) is 77.2 Å². The molecule has 1 amide bonds. The summed E-state index contributed by atoms with van der Waals surface area (Å²) in [5, 5.41) is 4.43. The topological polar surface area (TPSA) is 80.2 Å². The Morgan fingerprint density at radius 2 is 1.85 bits per heavy atom. The molecule has 0 bridgehead atoms. The fourth-order valence-corrected chi connectivity index (χ4v) is 3.92. The lowest BCUT2D eigenvalue weighted by Crippen LogP contribution is -2.21. The Morgan fingerprint density at radius 3 is 2.50 bits per heavy atom. The van der Waals surface area contributed by atoms with Crippen LogP contribution in [0.2, 0.25) is 0 Å². The Kier molecular flexibility index (Phi) is 6.45. The maximum Gasteiger partial charge on any atom is 0.254 e. The van der Waals surface area contributed by atoms with Gasteiger partial charge in [-0.25, -0.2) is 9.97 Å². The van der Waals surface area contributed by atoms with Crippen LogP contribution in [-0.4, -0.2) is 47.0 Å². The quantitative estimate of drug-likeness (QED) is 0.431. The SMILES string of the molecule is COc1cc2nc(C)nc(N[C@H](C)c3cccc(C)c3)c2cc1-c1ccc(C(=O)N(C)C)cn1. The first-order chi connectivity index (χ1) is 16.3. The van der Waals surface area contributed by atoms with Gasteiger partial charge in [-0.3, -0.25) is 9.78 Å². The van der Waals surface area contributed by atoms with Gasteiger partial charge in [-0.1, -0.05) is 29.8 Å². The van der Waals surface area contributed by atoms with Crippen LogP contribution in [0.3, 0.4) is 0 Å². The average Bonchev–Trinajstić information content (AvgIpc) is 2.82. The number of fused-ring (bicyclic) bond motifs is 1. The van der Waals surface area contributed by atoms with E-state index in [1.165, 1.54) is 16.0 Å². The number of aromatic nitrogens is 3. The minimum absolute atomic E-state index is 0.0532. The fourth-order valence-electron chi connectivity index (χ4n) is 3.92. The number of benzene rings is 2. The Labute approximate surface area is 199 Å². The van der Waals surface area contributed by atoms with E-state index in [-0.39, 0.29) is 11.9 Å². The molecule has 174 valence electrons. The van der Waals surface area contributed by atoms with Crippen LogP contribution < -0.4 is 10.1 Å². The lowest BCUT2D eigenvalue weighted by atomic mass is 10.0. The number of aryl methyl sites for hydroxylation is 2. The molecule has 1 atom stereocenters. The van der Waals surface area contributed by atoms with E-state index in [1.54, 1.807) is 33.5 Å². The lowest BCUT2D eigenvalue weighted by molar-refractivity contribution is 0.0827. The van der Waals surface area contributed by atoms with Gasteiger partial charge in [0.1, 0.15) is 17.4 Å². The largest absolute Gasteiger partial charge is 0.496 e. The zero-order chi connectivity index (χ0) is 24.4. The highest BCUT2D eigenvalue weighted by atomic mass is 16.5. The highest BCUT2D eigenvalue weighted by molar-refractivity contribution is 5.96. The second-order valence-electron chi connectivity index (χ2n) is 8.60. The second kappa shape index (κ2) is 9.47. The Hall–Kier alpha value is -4.00. The van der Waals surface area contributed by atoms with Crippen molar-refractivity contribution in [2.24, 2.45) is 0 Å². The van der Waals surface area contributed by atoms with Crippen LogP contribution in [0, 0.1) is 13.8 Å². The van der Waals surface area contributed by atoms with E-state index in [9.17, 15) is 4.79 Å². The van der Waals surface area contributed by atoms with Crippen molar-refractivity contribution in [1.29, 1.82) is 0 Å². The van der Waals surface area contributed by atoms with Crippen molar-refractivity contribution < 1.29 is 9.53 Å². The number of carbonyl (C=O) groups is 1. The minimum atomic E-state index is -0.0926. The molecule has 0 aliphatic rings. The molecular weight excluding hydrogens is 426 g/mol. The first-order valence-electron chi connectivity index (χ1n) is 11.1. The summed E-state index contributed by atoms with van der Waals surface area (Å²) in [6.45, 7) is 6.08. The molecule has 0 fully saturated rings. The molecule has 0 radical (unpaired) electrons. The van der Waals surface area contributed by atoms with Gasteiger partial charge in [-0.05, 0) is 44.5 Å². The number of methoxy groups -OCH3 is 1. The lowest BCUT2D eigenvalue weighted by Gasteiger charge is -2.18. The number of amides is 1. The third-order valence-corrected chi connectivity index (χ3v) is 5.72. The van der Waals surface area contributed by atoms with Gasteiger partial charge in [-0.15, -0.1) is 0 Å². The zero-order valence-corrected chi connectivity index (χ0v) is 20.4. The van der Waals surface area contributed by atoms with Crippen LogP contribution in [0.25, 0.3) is 22.2 Å². The highest BCUT2D eigenvalue weighted by Crippen LogP contribution is 2.36. The molecule has 0 unspecified atom stereocenters. The molecule has 34 heavy (non-hydrogen) atoms. The van der Waals surface area contributed by atoms with E-state index in [2.05, 4.69) is 53.4 Å². The molecule has 7 nitrogen and oxygen atoms in total. The van der Waals surface area contributed by atoms with Crippen molar-refractivity contribution >= 4 is 22.6 Å². The molecule has 0 spiro atoms. The van der Waals surface area contributed by atoms with E-state index in [4.69, 9.17) is 9.72 Å². The molecule has 0 saturated heterocycles. The van der Waals surface area contributed by atoms with Crippen molar-refractivity contribution in [3.63, 3.8) is 0 Å². The summed E-state index contributed by atoms with van der Waals surface area (Å²) >= 11 is 0. The van der Waals surface area contributed by atoms with E-state index in [0.717, 1.165) is 22.3 Å². The third kappa shape index (κ3) is 4.69. The third-order valence-electron chi connectivity index (χ3n) is 5.72. The number of nitrogens with zero attached hydrogens (tertiary/aromatic N) is 4. The van der Waals surface area contributed by atoms with Gasteiger partial charge in [0, 0.05) is 43.4 Å². The summed E-state index contributed by atoms with van der Waals surface area (Å²) in [6.07, 6.45) is 1.59. The van der Waals surface area contributed by atoms with Crippen LogP contribution >= 0.6 is 0 Å². The standard InChI is InChI=1S/C27H29N5O2/c1-16-8-7-9-19(12-16)17(2)29-26-22-13-21(25(34-6)14-24(22)30-18(3)31-26)23-11-10-20(15-28-23)27(33)32(4)5/h7-15,17H,1-6H3,(H,29,30,31)/t17-/m1/s1. The maximum absolute atomic E-state index is 12.2. The number of nitrogens with one attached hydrogen (secondary N) is 1. The van der Waals surface area contributed by atoms with Gasteiger partial charge >= 0.3 is 0 Å². The first-order valence-corrected chi connectivity index (χ1v) is 11.1. The number of rotatable bonds is 6. The predicted octanol–water partition coefficient (Wildman–Crippen LogP) is 5.19. The Bertz CT molecular complexity index is 1350. The van der Waals surface area contributed by atoms with Crippen molar-refractivity contribution in [3.8, 4) is 17.0 Å². The number of hydrogen-bond donors (Lipinski definition) is 1. The van der Waals surface area contributed by atoms with Crippen LogP contribution in [-0.2, 0) is 0 Å². The van der Waals surface area contributed by atoms with Gasteiger partial charge in [0.15, 0.2) is 0 Å². The number of hydrogen-bond acceptors (Lipinski definition) is 6. The average molecular weight is 456 g/mol. The van der Waals surface area contributed by atoms with Crippen molar-refractivity contribution in [2.75, 3.05) is 26.5 Å². The minimum Gasteiger partial charge on any atom is -0.496 e. The van der Waals surface area contributed by atoms with Gasteiger partial charge in [0.2, 0.25) is 0 Å². The van der Waals surface area contributed by atoms with Crippen LogP contribution in [0.15, 0.2) is 54.7 Å². The molecule has 1 N–H and O–H groups in total. The normalized spacial score (nSPS) is 11.8. The van der Waals surface area contributed by atoms with Crippen LogP contribution in [0.1, 0.15) is 40.3 Å².